The summed E-state index contributed by atoms with van der Waals surface area (Å²) in [6.07, 6.45) is 0. The van der Waals surface area contributed by atoms with Gasteiger partial charge in [0.25, 0.3) is 5.91 Å². The van der Waals surface area contributed by atoms with E-state index in [1.54, 1.807) is 6.07 Å². The van der Waals surface area contributed by atoms with E-state index in [9.17, 15) is 14.0 Å². The van der Waals surface area contributed by atoms with Crippen LogP contribution < -0.4 is 15.8 Å². The van der Waals surface area contributed by atoms with Crippen molar-refractivity contribution in [3.05, 3.63) is 53.8 Å². The highest BCUT2D eigenvalue weighted by Gasteiger charge is 2.13. The average molecular weight is 406 g/mol. The quantitative estimate of drug-likeness (QED) is 0.550. The number of anilines is 1. The van der Waals surface area contributed by atoms with Crippen LogP contribution in [0.3, 0.4) is 0 Å². The van der Waals surface area contributed by atoms with Gasteiger partial charge in [-0.05, 0) is 48.4 Å². The van der Waals surface area contributed by atoms with Gasteiger partial charge in [-0.1, -0.05) is 34.6 Å². The Kier molecular flexibility index (Phi) is 12.5. The number of nitrogens with one attached hydrogen (secondary N) is 1. The zero-order chi connectivity index (χ0) is 22.4. The number of halogens is 1. The monoisotopic (exact) mass is 406 g/mol. The summed E-state index contributed by atoms with van der Waals surface area (Å²) < 4.78 is 22.8. The standard InChI is InChI=1S/C16H15FN2O4.C4H10.C2H6/c1-22-15(20)9-19-16(21)13-8-12(6-7-14(13)18)23-11-4-2-10(17)3-5-11;1-4(2)3;1-2/h2-8H,9,18H2,1H3,(H,19,21);4H,1-3H3;1-2H3. The van der Waals surface area contributed by atoms with Crippen LogP contribution in [0.1, 0.15) is 45.0 Å². The van der Waals surface area contributed by atoms with Crippen LogP contribution in [-0.2, 0) is 9.53 Å². The van der Waals surface area contributed by atoms with E-state index in [4.69, 9.17) is 10.5 Å². The Labute approximate surface area is 172 Å². The van der Waals surface area contributed by atoms with Gasteiger partial charge in [-0.3, -0.25) is 9.59 Å². The van der Waals surface area contributed by atoms with Gasteiger partial charge >= 0.3 is 5.97 Å². The van der Waals surface area contributed by atoms with E-state index in [0.29, 0.717) is 11.5 Å². The number of benzene rings is 2. The van der Waals surface area contributed by atoms with Crippen molar-refractivity contribution in [2.45, 2.75) is 34.6 Å². The van der Waals surface area contributed by atoms with Crippen molar-refractivity contribution in [2.24, 2.45) is 5.92 Å². The molecule has 0 saturated heterocycles. The highest BCUT2D eigenvalue weighted by atomic mass is 19.1. The number of amides is 1. The summed E-state index contributed by atoms with van der Waals surface area (Å²) in [6, 6.07) is 9.96. The second kappa shape index (κ2) is 14.0. The van der Waals surface area contributed by atoms with Gasteiger partial charge in [0.1, 0.15) is 23.9 Å². The summed E-state index contributed by atoms with van der Waals surface area (Å²) in [6.45, 7) is 10.2. The largest absolute Gasteiger partial charge is 0.468 e. The van der Waals surface area contributed by atoms with Crippen molar-refractivity contribution >= 4 is 17.6 Å². The van der Waals surface area contributed by atoms with Crippen LogP contribution in [0.15, 0.2) is 42.5 Å². The summed E-state index contributed by atoms with van der Waals surface area (Å²) in [5.41, 5.74) is 6.16. The molecule has 1 amide bonds. The number of methoxy groups -OCH3 is 1. The molecule has 0 radical (unpaired) electrons. The van der Waals surface area contributed by atoms with Gasteiger partial charge in [-0.25, -0.2) is 4.39 Å². The van der Waals surface area contributed by atoms with E-state index in [2.05, 4.69) is 30.8 Å². The topological polar surface area (TPSA) is 90.6 Å². The summed E-state index contributed by atoms with van der Waals surface area (Å²) >= 11 is 0. The normalized spacial score (nSPS) is 9.38. The van der Waals surface area contributed by atoms with Crippen LogP contribution in [0.2, 0.25) is 0 Å². The van der Waals surface area contributed by atoms with E-state index < -0.39 is 11.9 Å². The fourth-order valence-corrected chi connectivity index (χ4v) is 1.75. The van der Waals surface area contributed by atoms with Gasteiger partial charge in [0.2, 0.25) is 0 Å². The van der Waals surface area contributed by atoms with Gasteiger partial charge in [-0.15, -0.1) is 0 Å². The zero-order valence-corrected chi connectivity index (χ0v) is 17.9. The van der Waals surface area contributed by atoms with E-state index >= 15 is 0 Å². The van der Waals surface area contributed by atoms with Crippen molar-refractivity contribution in [3.8, 4) is 11.5 Å². The number of hydrogen-bond donors (Lipinski definition) is 2. The number of carbonyl (C=O) groups is 2. The molecule has 0 bridgehead atoms. The molecule has 2 aromatic carbocycles. The molecule has 0 atom stereocenters. The van der Waals surface area contributed by atoms with Crippen LogP contribution in [0.25, 0.3) is 0 Å². The van der Waals surface area contributed by atoms with E-state index in [1.165, 1.54) is 43.5 Å². The summed E-state index contributed by atoms with van der Waals surface area (Å²) in [5, 5.41) is 2.39. The number of nitrogen functional groups attached to an aromatic ring is 1. The van der Waals surface area contributed by atoms with Crippen LogP contribution >= 0.6 is 0 Å². The molecule has 6 nitrogen and oxygen atoms in total. The Balaban J connectivity index is 0.00000116. The number of esters is 1. The molecule has 0 saturated carbocycles. The molecule has 0 aliphatic heterocycles. The number of rotatable bonds is 5. The van der Waals surface area contributed by atoms with Crippen LogP contribution in [0, 0.1) is 11.7 Å². The van der Waals surface area contributed by atoms with Crippen molar-refractivity contribution in [1.29, 1.82) is 0 Å². The van der Waals surface area contributed by atoms with Gasteiger partial charge in [0.15, 0.2) is 0 Å². The molecular weight excluding hydrogens is 375 g/mol. The molecule has 0 unspecified atom stereocenters. The Bertz CT molecular complexity index is 759. The predicted octanol–water partition coefficient (Wildman–Crippen LogP) is 4.79. The maximum Gasteiger partial charge on any atom is 0.325 e. The maximum atomic E-state index is 12.9. The summed E-state index contributed by atoms with van der Waals surface area (Å²) in [4.78, 5) is 23.1. The van der Waals surface area contributed by atoms with Crippen molar-refractivity contribution in [1.82, 2.24) is 5.32 Å². The van der Waals surface area contributed by atoms with Crippen LogP contribution in [0.4, 0.5) is 10.1 Å². The lowest BCUT2D eigenvalue weighted by atomic mass is 10.1. The molecule has 0 spiro atoms. The first-order chi connectivity index (χ1) is 13.7. The summed E-state index contributed by atoms with van der Waals surface area (Å²) in [5.74, 6) is 0.122. The van der Waals surface area contributed by atoms with Gasteiger partial charge < -0.3 is 20.5 Å². The Morgan fingerprint density at radius 3 is 2.07 bits per heavy atom. The number of carbonyl (C=O) groups excluding carboxylic acids is 2. The molecule has 2 rings (SSSR count). The lowest BCUT2D eigenvalue weighted by Gasteiger charge is -2.10. The summed E-state index contributed by atoms with van der Waals surface area (Å²) in [7, 11) is 1.22. The molecular formula is C22H31FN2O4. The molecule has 29 heavy (non-hydrogen) atoms. The third-order valence-corrected chi connectivity index (χ3v) is 2.94. The number of hydrogen-bond acceptors (Lipinski definition) is 5. The Hall–Kier alpha value is -3.09. The minimum Gasteiger partial charge on any atom is -0.468 e. The van der Waals surface area contributed by atoms with Gasteiger partial charge in [0.05, 0.1) is 12.7 Å². The molecule has 0 aromatic heterocycles. The Morgan fingerprint density at radius 1 is 1.03 bits per heavy atom. The smallest absolute Gasteiger partial charge is 0.325 e. The van der Waals surface area contributed by atoms with Crippen LogP contribution in [0.5, 0.6) is 11.5 Å². The molecule has 0 aliphatic rings. The molecule has 0 heterocycles. The third kappa shape index (κ3) is 10.7. The van der Waals surface area contributed by atoms with Gasteiger partial charge in [0, 0.05) is 5.69 Å². The highest BCUT2D eigenvalue weighted by Crippen LogP contribution is 2.25. The van der Waals surface area contributed by atoms with E-state index in [1.807, 2.05) is 13.8 Å². The van der Waals surface area contributed by atoms with E-state index in [-0.39, 0.29) is 23.6 Å². The highest BCUT2D eigenvalue weighted by molar-refractivity contribution is 6.00. The molecule has 0 aliphatic carbocycles. The first-order valence-corrected chi connectivity index (χ1v) is 9.41. The first-order valence-electron chi connectivity index (χ1n) is 9.41. The van der Waals surface area contributed by atoms with Gasteiger partial charge in [-0.2, -0.15) is 0 Å². The fraction of sp³-hybridized carbons (Fsp3) is 0.364. The number of ether oxygens (including phenoxy) is 2. The van der Waals surface area contributed by atoms with Crippen molar-refractivity contribution < 1.29 is 23.5 Å². The molecule has 7 heteroatoms. The third-order valence-electron chi connectivity index (χ3n) is 2.94. The average Bonchev–Trinajstić information content (AvgIpc) is 2.70. The second-order valence-corrected chi connectivity index (χ2v) is 6.30. The molecule has 3 N–H and O–H groups in total. The minimum absolute atomic E-state index is 0.161. The van der Waals surface area contributed by atoms with Crippen LogP contribution in [-0.4, -0.2) is 25.5 Å². The first kappa shape index (κ1) is 25.9. The molecule has 160 valence electrons. The lowest BCUT2D eigenvalue weighted by Crippen LogP contribution is -2.30. The zero-order valence-electron chi connectivity index (χ0n) is 17.9. The second-order valence-electron chi connectivity index (χ2n) is 6.30. The number of nitrogens with two attached hydrogens (primary N) is 1. The maximum absolute atomic E-state index is 12.9. The van der Waals surface area contributed by atoms with Crippen molar-refractivity contribution in [3.63, 3.8) is 0 Å². The SMILES string of the molecule is CC.CC(C)C.COC(=O)CNC(=O)c1cc(Oc2ccc(F)cc2)ccc1N. The molecule has 0 fully saturated rings. The van der Waals surface area contributed by atoms with Crippen molar-refractivity contribution in [2.75, 3.05) is 19.4 Å². The lowest BCUT2D eigenvalue weighted by molar-refractivity contribution is -0.139. The van der Waals surface area contributed by atoms with E-state index in [0.717, 1.165) is 5.92 Å². The Morgan fingerprint density at radius 2 is 1.55 bits per heavy atom. The predicted molar refractivity (Wildman–Crippen MR) is 114 cm³/mol. The molecule has 2 aromatic rings. The fourth-order valence-electron chi connectivity index (χ4n) is 1.75. The minimum atomic E-state index is -0.573.